The fourth-order valence-corrected chi connectivity index (χ4v) is 2.07. The van der Waals surface area contributed by atoms with E-state index < -0.39 is 5.97 Å². The lowest BCUT2D eigenvalue weighted by atomic mass is 10.0. The minimum Gasteiger partial charge on any atom is -0.312 e. The van der Waals surface area contributed by atoms with Gasteiger partial charge in [-0.05, 0) is 23.8 Å². The largest absolute Gasteiger partial charge is 0.368 e. The van der Waals surface area contributed by atoms with Crippen LogP contribution in [0.2, 0.25) is 5.02 Å². The van der Waals surface area contributed by atoms with Crippen molar-refractivity contribution in [3.63, 3.8) is 0 Å². The van der Waals surface area contributed by atoms with Crippen molar-refractivity contribution < 1.29 is 9.63 Å². The van der Waals surface area contributed by atoms with Crippen molar-refractivity contribution in [2.75, 3.05) is 0 Å². The van der Waals surface area contributed by atoms with Crippen molar-refractivity contribution >= 4 is 29.4 Å². The van der Waals surface area contributed by atoms with E-state index in [9.17, 15) is 4.79 Å². The highest BCUT2D eigenvalue weighted by molar-refractivity contribution is 6.32. The quantitative estimate of drug-likeness (QED) is 0.623. The van der Waals surface area contributed by atoms with E-state index in [2.05, 4.69) is 5.16 Å². The van der Waals surface area contributed by atoms with E-state index in [0.29, 0.717) is 16.3 Å². The molecule has 98 valence electrons. The highest BCUT2D eigenvalue weighted by Gasteiger charge is 2.26. The molecule has 2 aromatic rings. The van der Waals surface area contributed by atoms with Crippen LogP contribution in [0.3, 0.4) is 0 Å². The van der Waals surface area contributed by atoms with Gasteiger partial charge < -0.3 is 4.84 Å². The molecule has 0 saturated carbocycles. The van der Waals surface area contributed by atoms with E-state index in [4.69, 9.17) is 16.4 Å². The number of hydrogen-bond acceptors (Lipinski definition) is 3. The highest BCUT2D eigenvalue weighted by Crippen LogP contribution is 2.21. The molecule has 20 heavy (non-hydrogen) atoms. The van der Waals surface area contributed by atoms with Gasteiger partial charge in [0.05, 0.1) is 5.57 Å². The summed E-state index contributed by atoms with van der Waals surface area (Å²) in [6.07, 6.45) is 1.77. The zero-order valence-electron chi connectivity index (χ0n) is 10.4. The van der Waals surface area contributed by atoms with Crippen LogP contribution in [0.15, 0.2) is 65.3 Å². The summed E-state index contributed by atoms with van der Waals surface area (Å²) in [6, 6.07) is 16.7. The molecule has 0 bridgehead atoms. The number of halogens is 1. The first-order valence-corrected chi connectivity index (χ1v) is 6.44. The van der Waals surface area contributed by atoms with Crippen LogP contribution in [0.5, 0.6) is 0 Å². The molecule has 0 saturated heterocycles. The molecule has 0 N–H and O–H groups in total. The third kappa shape index (κ3) is 2.49. The molecule has 2 aromatic carbocycles. The van der Waals surface area contributed by atoms with Gasteiger partial charge in [-0.3, -0.25) is 0 Å². The smallest absolute Gasteiger partial charge is 0.312 e. The van der Waals surface area contributed by atoms with Gasteiger partial charge in [0.25, 0.3) is 0 Å². The second kappa shape index (κ2) is 5.31. The maximum Gasteiger partial charge on any atom is 0.368 e. The zero-order chi connectivity index (χ0) is 13.9. The van der Waals surface area contributed by atoms with Crippen molar-refractivity contribution in [1.29, 1.82) is 0 Å². The van der Waals surface area contributed by atoms with Crippen LogP contribution in [0.4, 0.5) is 0 Å². The summed E-state index contributed by atoms with van der Waals surface area (Å²) in [5.74, 6) is -0.446. The third-order valence-electron chi connectivity index (χ3n) is 2.92. The molecular formula is C16H10ClNO2. The van der Waals surface area contributed by atoms with E-state index in [1.165, 1.54) is 0 Å². The molecule has 1 aliphatic rings. The third-order valence-corrected chi connectivity index (χ3v) is 3.18. The summed E-state index contributed by atoms with van der Waals surface area (Å²) in [4.78, 5) is 16.6. The summed E-state index contributed by atoms with van der Waals surface area (Å²) in [6.45, 7) is 0. The molecule has 1 aliphatic heterocycles. The van der Waals surface area contributed by atoms with Crippen molar-refractivity contribution in [2.24, 2.45) is 5.16 Å². The van der Waals surface area contributed by atoms with Crippen molar-refractivity contribution in [1.82, 2.24) is 0 Å². The van der Waals surface area contributed by atoms with Gasteiger partial charge in [0.1, 0.15) is 5.71 Å². The van der Waals surface area contributed by atoms with Gasteiger partial charge >= 0.3 is 5.97 Å². The number of benzene rings is 2. The summed E-state index contributed by atoms with van der Waals surface area (Å²) in [7, 11) is 0. The Morgan fingerprint density at radius 1 is 1.00 bits per heavy atom. The predicted molar refractivity (Wildman–Crippen MR) is 78.5 cm³/mol. The molecule has 0 amide bonds. The van der Waals surface area contributed by atoms with Crippen LogP contribution in [0.25, 0.3) is 6.08 Å². The van der Waals surface area contributed by atoms with Gasteiger partial charge in [-0.15, -0.1) is 0 Å². The fraction of sp³-hybridized carbons (Fsp3) is 0. The summed E-state index contributed by atoms with van der Waals surface area (Å²) in [5, 5.41) is 4.48. The molecule has 0 aromatic heterocycles. The molecule has 0 atom stereocenters. The number of rotatable bonds is 2. The van der Waals surface area contributed by atoms with E-state index >= 15 is 0 Å². The Labute approximate surface area is 121 Å². The number of nitrogens with zero attached hydrogens (tertiary/aromatic N) is 1. The molecule has 1 heterocycles. The molecule has 4 heteroatoms. The topological polar surface area (TPSA) is 38.7 Å². The number of oxime groups is 1. The lowest BCUT2D eigenvalue weighted by Gasteiger charge is -2.01. The molecule has 0 unspecified atom stereocenters. The average molecular weight is 284 g/mol. The van der Waals surface area contributed by atoms with E-state index in [1.54, 1.807) is 18.2 Å². The molecule has 0 radical (unpaired) electrons. The minimum atomic E-state index is -0.446. The molecular weight excluding hydrogens is 274 g/mol. The summed E-state index contributed by atoms with van der Waals surface area (Å²) < 4.78 is 0. The SMILES string of the molecule is O=C1ON=C(c2ccc(Cl)cc2)C1=Cc1ccccc1. The van der Waals surface area contributed by atoms with Gasteiger partial charge in [-0.25, -0.2) is 4.79 Å². The number of carbonyl (C=O) groups excluding carboxylic acids is 1. The van der Waals surface area contributed by atoms with Crippen molar-refractivity contribution in [3.05, 3.63) is 76.3 Å². The van der Waals surface area contributed by atoms with Crippen LogP contribution in [-0.2, 0) is 9.63 Å². The van der Waals surface area contributed by atoms with Gasteiger partial charge in [0.2, 0.25) is 0 Å². The zero-order valence-corrected chi connectivity index (χ0v) is 11.2. The maximum atomic E-state index is 11.8. The minimum absolute atomic E-state index is 0.443. The van der Waals surface area contributed by atoms with E-state index in [0.717, 1.165) is 11.1 Å². The van der Waals surface area contributed by atoms with Crippen molar-refractivity contribution in [2.45, 2.75) is 0 Å². The fourth-order valence-electron chi connectivity index (χ4n) is 1.94. The Balaban J connectivity index is 2.01. The second-order valence-corrected chi connectivity index (χ2v) is 4.73. The average Bonchev–Trinajstić information content (AvgIpc) is 2.83. The van der Waals surface area contributed by atoms with Crippen molar-refractivity contribution in [3.8, 4) is 0 Å². The van der Waals surface area contributed by atoms with Crippen LogP contribution in [0.1, 0.15) is 11.1 Å². The van der Waals surface area contributed by atoms with Gasteiger partial charge in [-0.2, -0.15) is 0 Å². The molecule has 0 spiro atoms. The van der Waals surface area contributed by atoms with Crippen LogP contribution in [-0.4, -0.2) is 11.7 Å². The first-order valence-electron chi connectivity index (χ1n) is 6.06. The maximum absolute atomic E-state index is 11.8. The molecule has 3 rings (SSSR count). The molecule has 0 aliphatic carbocycles. The van der Waals surface area contributed by atoms with Gasteiger partial charge in [0, 0.05) is 10.6 Å². The van der Waals surface area contributed by atoms with Crippen LogP contribution >= 0.6 is 11.6 Å². The summed E-state index contributed by atoms with van der Waals surface area (Å²) in [5.41, 5.74) is 2.68. The number of hydrogen-bond donors (Lipinski definition) is 0. The normalized spacial score (nSPS) is 16.1. The van der Waals surface area contributed by atoms with E-state index in [-0.39, 0.29) is 0 Å². The Kier molecular flexibility index (Phi) is 3.35. The monoisotopic (exact) mass is 283 g/mol. The first-order chi connectivity index (χ1) is 9.74. The number of carbonyl (C=O) groups is 1. The molecule has 0 fully saturated rings. The Morgan fingerprint density at radius 3 is 2.40 bits per heavy atom. The van der Waals surface area contributed by atoms with Crippen LogP contribution in [0, 0.1) is 0 Å². The Hall–Kier alpha value is -2.39. The first kappa shape index (κ1) is 12.6. The highest BCUT2D eigenvalue weighted by atomic mass is 35.5. The van der Waals surface area contributed by atoms with Crippen LogP contribution < -0.4 is 0 Å². The molecule has 3 nitrogen and oxygen atoms in total. The second-order valence-electron chi connectivity index (χ2n) is 4.29. The van der Waals surface area contributed by atoms with Gasteiger partial charge in [-0.1, -0.05) is 59.2 Å². The Morgan fingerprint density at radius 2 is 1.70 bits per heavy atom. The standard InChI is InChI=1S/C16H10ClNO2/c17-13-8-6-12(7-9-13)15-14(16(19)20-18-15)10-11-4-2-1-3-5-11/h1-10H. The lowest BCUT2D eigenvalue weighted by molar-refractivity contribution is -0.136. The lowest BCUT2D eigenvalue weighted by Crippen LogP contribution is -2.06. The Bertz CT molecular complexity index is 703. The summed E-state index contributed by atoms with van der Waals surface area (Å²) >= 11 is 5.86. The van der Waals surface area contributed by atoms with E-state index in [1.807, 2.05) is 42.5 Å². The predicted octanol–water partition coefficient (Wildman–Crippen LogP) is 3.68. The van der Waals surface area contributed by atoms with Gasteiger partial charge in [0.15, 0.2) is 0 Å².